The van der Waals surface area contributed by atoms with E-state index in [9.17, 15) is 0 Å². The molecule has 4 heteroatoms. The topological polar surface area (TPSA) is 44.5 Å². The highest BCUT2D eigenvalue weighted by Crippen LogP contribution is 2.39. The molecule has 106 valence electrons. The Balaban J connectivity index is 2.10. The molecule has 0 spiro atoms. The normalized spacial score (nSPS) is 17.1. The second kappa shape index (κ2) is 6.49. The van der Waals surface area contributed by atoms with E-state index in [4.69, 9.17) is 26.8 Å². The molecule has 2 rings (SSSR count). The van der Waals surface area contributed by atoms with E-state index in [-0.39, 0.29) is 6.04 Å². The van der Waals surface area contributed by atoms with E-state index in [1.807, 2.05) is 12.1 Å². The van der Waals surface area contributed by atoms with Gasteiger partial charge in [0.1, 0.15) is 13.2 Å². The van der Waals surface area contributed by atoms with Crippen LogP contribution in [0.15, 0.2) is 12.1 Å². The molecule has 0 saturated carbocycles. The van der Waals surface area contributed by atoms with Crippen LogP contribution >= 0.6 is 11.6 Å². The summed E-state index contributed by atoms with van der Waals surface area (Å²) in [5, 5.41) is 0.752. The van der Waals surface area contributed by atoms with Crippen LogP contribution in [0.4, 0.5) is 0 Å². The molecule has 3 nitrogen and oxygen atoms in total. The van der Waals surface area contributed by atoms with Crippen LogP contribution in [-0.2, 0) is 0 Å². The number of halogens is 1. The lowest BCUT2D eigenvalue weighted by molar-refractivity contribution is 0.171. The Kier molecular flexibility index (Phi) is 4.94. The summed E-state index contributed by atoms with van der Waals surface area (Å²) >= 11 is 6.34. The average molecular weight is 284 g/mol. The molecular formula is C15H22ClNO2. The molecule has 0 aliphatic carbocycles. The lowest BCUT2D eigenvalue weighted by Crippen LogP contribution is -2.19. The molecule has 1 aromatic rings. The first-order valence-electron chi connectivity index (χ1n) is 6.96. The molecule has 1 aromatic carbocycles. The summed E-state index contributed by atoms with van der Waals surface area (Å²) in [6, 6.07) is 4.15. The summed E-state index contributed by atoms with van der Waals surface area (Å²) in [6.45, 7) is 5.48. The first kappa shape index (κ1) is 14.5. The zero-order valence-corrected chi connectivity index (χ0v) is 12.4. The van der Waals surface area contributed by atoms with Gasteiger partial charge < -0.3 is 15.2 Å². The maximum Gasteiger partial charge on any atom is 0.162 e. The van der Waals surface area contributed by atoms with Gasteiger partial charge in [-0.05, 0) is 36.8 Å². The Morgan fingerprint density at radius 1 is 1.21 bits per heavy atom. The zero-order valence-electron chi connectivity index (χ0n) is 11.6. The molecule has 2 atom stereocenters. The molecular weight excluding hydrogens is 262 g/mol. The van der Waals surface area contributed by atoms with Crippen molar-refractivity contribution in [3.8, 4) is 11.5 Å². The van der Waals surface area contributed by atoms with Crippen molar-refractivity contribution in [3.63, 3.8) is 0 Å². The zero-order chi connectivity index (χ0) is 13.8. The lowest BCUT2D eigenvalue weighted by Gasteiger charge is -2.22. The highest BCUT2D eigenvalue weighted by atomic mass is 35.5. The van der Waals surface area contributed by atoms with E-state index in [1.54, 1.807) is 0 Å². The van der Waals surface area contributed by atoms with Crippen molar-refractivity contribution in [1.82, 2.24) is 0 Å². The van der Waals surface area contributed by atoms with Crippen molar-refractivity contribution >= 4 is 11.6 Å². The minimum absolute atomic E-state index is 0.276. The predicted octanol–water partition coefficient (Wildman–Crippen LogP) is 3.73. The Morgan fingerprint density at radius 3 is 2.47 bits per heavy atom. The molecule has 1 heterocycles. The van der Waals surface area contributed by atoms with E-state index in [0.717, 1.165) is 41.3 Å². The molecule has 0 bridgehead atoms. The van der Waals surface area contributed by atoms with Gasteiger partial charge in [0.15, 0.2) is 11.5 Å². The van der Waals surface area contributed by atoms with Crippen LogP contribution in [0.5, 0.6) is 11.5 Å². The second-order valence-corrected chi connectivity index (χ2v) is 5.57. The summed E-state index contributed by atoms with van der Waals surface area (Å²) in [4.78, 5) is 0. The molecule has 0 saturated heterocycles. The van der Waals surface area contributed by atoms with Crippen molar-refractivity contribution in [2.24, 2.45) is 5.73 Å². The highest BCUT2D eigenvalue weighted by Gasteiger charge is 2.18. The maximum absolute atomic E-state index is 6.34. The molecule has 0 fully saturated rings. The Hall–Kier alpha value is -0.930. The van der Waals surface area contributed by atoms with Crippen LogP contribution in [0.25, 0.3) is 0 Å². The number of fused-ring (bicyclic) bond motifs is 1. The first-order valence-corrected chi connectivity index (χ1v) is 7.34. The number of benzene rings is 1. The third-order valence-electron chi connectivity index (χ3n) is 3.69. The molecule has 2 N–H and O–H groups in total. The van der Waals surface area contributed by atoms with Gasteiger partial charge in [-0.2, -0.15) is 0 Å². The molecule has 19 heavy (non-hydrogen) atoms. The van der Waals surface area contributed by atoms with E-state index >= 15 is 0 Å². The Bertz CT molecular complexity index is 436. The molecule has 1 aliphatic heterocycles. The first-order chi connectivity index (χ1) is 9.11. The van der Waals surface area contributed by atoms with E-state index in [1.165, 1.54) is 0 Å². The SMILES string of the molecule is CCC(N)CCC(C)c1cc2c(cc1Cl)OCCO2. The standard InChI is InChI=1S/C15H22ClNO2/c1-3-11(17)5-4-10(2)12-8-14-15(9-13(12)16)19-7-6-18-14/h8-11H,3-7,17H2,1-2H3. The van der Waals surface area contributed by atoms with Crippen LogP contribution in [-0.4, -0.2) is 19.3 Å². The fourth-order valence-corrected chi connectivity index (χ4v) is 2.62. The lowest BCUT2D eigenvalue weighted by atomic mass is 9.93. The van der Waals surface area contributed by atoms with Crippen molar-refractivity contribution in [1.29, 1.82) is 0 Å². The number of rotatable bonds is 5. The van der Waals surface area contributed by atoms with Gasteiger partial charge in [-0.25, -0.2) is 0 Å². The summed E-state index contributed by atoms with van der Waals surface area (Å²) in [6.07, 6.45) is 3.07. The quantitative estimate of drug-likeness (QED) is 0.895. The third-order valence-corrected chi connectivity index (χ3v) is 4.01. The highest BCUT2D eigenvalue weighted by molar-refractivity contribution is 6.31. The van der Waals surface area contributed by atoms with Crippen molar-refractivity contribution in [2.45, 2.75) is 45.1 Å². The largest absolute Gasteiger partial charge is 0.486 e. The van der Waals surface area contributed by atoms with Crippen LogP contribution in [0.2, 0.25) is 5.02 Å². The smallest absolute Gasteiger partial charge is 0.162 e. The van der Waals surface area contributed by atoms with Crippen molar-refractivity contribution in [3.05, 3.63) is 22.7 Å². The monoisotopic (exact) mass is 283 g/mol. The van der Waals surface area contributed by atoms with Gasteiger partial charge in [-0.15, -0.1) is 0 Å². The maximum atomic E-state index is 6.34. The number of hydrogen-bond donors (Lipinski definition) is 1. The number of nitrogens with two attached hydrogens (primary N) is 1. The Morgan fingerprint density at radius 2 is 1.84 bits per heavy atom. The number of hydrogen-bond acceptors (Lipinski definition) is 3. The fourth-order valence-electron chi connectivity index (χ4n) is 2.28. The van der Waals surface area contributed by atoms with E-state index < -0.39 is 0 Å². The molecule has 0 radical (unpaired) electrons. The van der Waals surface area contributed by atoms with Crippen molar-refractivity contribution < 1.29 is 9.47 Å². The molecule has 0 aromatic heterocycles. The molecule has 0 amide bonds. The molecule has 2 unspecified atom stereocenters. The summed E-state index contributed by atoms with van der Waals surface area (Å²) in [5.41, 5.74) is 7.09. The Labute approximate surface area is 120 Å². The van der Waals surface area contributed by atoms with Crippen LogP contribution in [0.1, 0.15) is 44.6 Å². The van der Waals surface area contributed by atoms with E-state index in [0.29, 0.717) is 19.1 Å². The summed E-state index contributed by atoms with van der Waals surface area (Å²) in [7, 11) is 0. The average Bonchev–Trinajstić information content (AvgIpc) is 2.43. The molecule has 1 aliphatic rings. The minimum atomic E-state index is 0.276. The van der Waals surface area contributed by atoms with Crippen LogP contribution in [0, 0.1) is 0 Å². The number of ether oxygens (including phenoxy) is 2. The van der Waals surface area contributed by atoms with Gasteiger partial charge in [0.2, 0.25) is 0 Å². The van der Waals surface area contributed by atoms with Crippen molar-refractivity contribution in [2.75, 3.05) is 13.2 Å². The predicted molar refractivity (Wildman–Crippen MR) is 78.4 cm³/mol. The van der Waals surface area contributed by atoms with Gasteiger partial charge in [-0.1, -0.05) is 25.4 Å². The van der Waals surface area contributed by atoms with Gasteiger partial charge >= 0.3 is 0 Å². The van der Waals surface area contributed by atoms with Gasteiger partial charge in [0, 0.05) is 17.1 Å². The van der Waals surface area contributed by atoms with E-state index in [2.05, 4.69) is 13.8 Å². The minimum Gasteiger partial charge on any atom is -0.486 e. The summed E-state index contributed by atoms with van der Waals surface area (Å²) < 4.78 is 11.1. The van der Waals surface area contributed by atoms with Crippen LogP contribution in [0.3, 0.4) is 0 Å². The van der Waals surface area contributed by atoms with Gasteiger partial charge in [0.25, 0.3) is 0 Å². The van der Waals surface area contributed by atoms with Crippen LogP contribution < -0.4 is 15.2 Å². The fraction of sp³-hybridized carbons (Fsp3) is 0.600. The third kappa shape index (κ3) is 3.54. The van der Waals surface area contributed by atoms with Gasteiger partial charge in [0.05, 0.1) is 0 Å². The summed E-state index contributed by atoms with van der Waals surface area (Å²) in [5.74, 6) is 1.93. The van der Waals surface area contributed by atoms with Gasteiger partial charge in [-0.3, -0.25) is 0 Å². The second-order valence-electron chi connectivity index (χ2n) is 5.16.